The number of rotatable bonds is 6. The summed E-state index contributed by atoms with van der Waals surface area (Å²) in [5.41, 5.74) is 0.943. The number of nitrogens with one attached hydrogen (secondary N) is 1. The van der Waals surface area contributed by atoms with E-state index >= 15 is 0 Å². The highest BCUT2D eigenvalue weighted by atomic mass is 32.2. The Hall–Kier alpha value is -2.68. The van der Waals surface area contributed by atoms with Crippen molar-refractivity contribution in [3.05, 3.63) is 53.7 Å². The molecule has 124 valence electrons. The second kappa shape index (κ2) is 7.26. The predicted octanol–water partition coefficient (Wildman–Crippen LogP) is 2.49. The number of aromatic nitrogens is 4. The van der Waals surface area contributed by atoms with E-state index in [4.69, 9.17) is 4.42 Å². The zero-order valence-electron chi connectivity index (χ0n) is 12.8. The SMILES string of the molecule is Cc1ccc(NC(=O)CSc2nnnn2Cc2ccco2)c(F)c1. The predicted molar refractivity (Wildman–Crippen MR) is 86.1 cm³/mol. The first-order valence-electron chi connectivity index (χ1n) is 7.09. The lowest BCUT2D eigenvalue weighted by molar-refractivity contribution is -0.113. The number of amides is 1. The third-order valence-electron chi connectivity index (χ3n) is 3.12. The second-order valence-electron chi connectivity index (χ2n) is 5.02. The van der Waals surface area contributed by atoms with Crippen molar-refractivity contribution in [2.24, 2.45) is 0 Å². The largest absolute Gasteiger partial charge is 0.467 e. The van der Waals surface area contributed by atoms with E-state index in [1.54, 1.807) is 25.3 Å². The lowest BCUT2D eigenvalue weighted by Gasteiger charge is -2.07. The van der Waals surface area contributed by atoms with Gasteiger partial charge in [0, 0.05) is 0 Å². The second-order valence-corrected chi connectivity index (χ2v) is 5.96. The van der Waals surface area contributed by atoms with Gasteiger partial charge in [0.25, 0.3) is 0 Å². The van der Waals surface area contributed by atoms with Crippen LogP contribution in [-0.2, 0) is 11.3 Å². The zero-order valence-corrected chi connectivity index (χ0v) is 13.6. The number of aryl methyl sites for hydroxylation is 1. The first kappa shape index (κ1) is 16.2. The summed E-state index contributed by atoms with van der Waals surface area (Å²) in [6.45, 7) is 2.15. The van der Waals surface area contributed by atoms with Gasteiger partial charge in [-0.05, 0) is 47.2 Å². The van der Waals surface area contributed by atoms with E-state index in [1.807, 2.05) is 6.07 Å². The summed E-state index contributed by atoms with van der Waals surface area (Å²) in [6.07, 6.45) is 1.57. The van der Waals surface area contributed by atoms with Crippen molar-refractivity contribution >= 4 is 23.4 Å². The van der Waals surface area contributed by atoms with E-state index in [0.717, 1.165) is 17.3 Å². The fraction of sp³-hybridized carbons (Fsp3) is 0.200. The molecule has 0 aliphatic rings. The van der Waals surface area contributed by atoms with Gasteiger partial charge in [0.2, 0.25) is 11.1 Å². The highest BCUT2D eigenvalue weighted by Gasteiger charge is 2.12. The summed E-state index contributed by atoms with van der Waals surface area (Å²) >= 11 is 1.16. The molecule has 9 heteroatoms. The van der Waals surface area contributed by atoms with Crippen molar-refractivity contribution in [1.82, 2.24) is 20.2 Å². The van der Waals surface area contributed by atoms with Gasteiger partial charge in [0.1, 0.15) is 18.1 Å². The molecule has 2 heterocycles. The first-order valence-corrected chi connectivity index (χ1v) is 8.08. The fourth-order valence-electron chi connectivity index (χ4n) is 1.99. The van der Waals surface area contributed by atoms with Crippen LogP contribution < -0.4 is 5.32 Å². The minimum atomic E-state index is -0.462. The molecule has 0 spiro atoms. The molecule has 1 amide bonds. The number of hydrogen-bond donors (Lipinski definition) is 1. The molecule has 0 aliphatic carbocycles. The molecule has 0 saturated heterocycles. The van der Waals surface area contributed by atoms with Gasteiger partial charge in [-0.2, -0.15) is 0 Å². The van der Waals surface area contributed by atoms with Crippen LogP contribution in [0, 0.1) is 12.7 Å². The fourth-order valence-corrected chi connectivity index (χ4v) is 2.66. The molecule has 3 rings (SSSR count). The molecule has 3 aromatic rings. The number of furan rings is 1. The molecular formula is C15H14FN5O2S. The van der Waals surface area contributed by atoms with Crippen LogP contribution in [0.2, 0.25) is 0 Å². The van der Waals surface area contributed by atoms with Crippen LogP contribution in [0.3, 0.4) is 0 Å². The Labute approximate surface area is 141 Å². The summed E-state index contributed by atoms with van der Waals surface area (Å²) in [6, 6.07) is 8.22. The molecule has 0 fully saturated rings. The van der Waals surface area contributed by atoms with Crippen LogP contribution in [0.4, 0.5) is 10.1 Å². The van der Waals surface area contributed by atoms with Gasteiger partial charge in [0.05, 0.1) is 17.7 Å². The van der Waals surface area contributed by atoms with Gasteiger partial charge in [-0.1, -0.05) is 17.8 Å². The van der Waals surface area contributed by atoms with Crippen LogP contribution in [-0.4, -0.2) is 31.9 Å². The van der Waals surface area contributed by atoms with Crippen molar-refractivity contribution in [1.29, 1.82) is 0 Å². The molecule has 2 aromatic heterocycles. The summed E-state index contributed by atoms with van der Waals surface area (Å²) in [5, 5.41) is 14.3. The van der Waals surface area contributed by atoms with Crippen LogP contribution >= 0.6 is 11.8 Å². The van der Waals surface area contributed by atoms with Crippen molar-refractivity contribution in [3.63, 3.8) is 0 Å². The molecule has 0 radical (unpaired) electrons. The van der Waals surface area contributed by atoms with E-state index in [-0.39, 0.29) is 17.3 Å². The van der Waals surface area contributed by atoms with Gasteiger partial charge in [-0.25, -0.2) is 9.07 Å². The van der Waals surface area contributed by atoms with Gasteiger partial charge in [-0.3, -0.25) is 4.79 Å². The minimum Gasteiger partial charge on any atom is -0.467 e. The third kappa shape index (κ3) is 3.99. The summed E-state index contributed by atoms with van der Waals surface area (Å²) in [4.78, 5) is 12.0. The lowest BCUT2D eigenvalue weighted by Crippen LogP contribution is -2.15. The maximum Gasteiger partial charge on any atom is 0.234 e. The number of benzene rings is 1. The highest BCUT2D eigenvalue weighted by molar-refractivity contribution is 7.99. The van der Waals surface area contributed by atoms with Crippen molar-refractivity contribution < 1.29 is 13.6 Å². The number of nitrogens with zero attached hydrogens (tertiary/aromatic N) is 4. The van der Waals surface area contributed by atoms with Crippen LogP contribution in [0.15, 0.2) is 46.2 Å². The van der Waals surface area contributed by atoms with Gasteiger partial charge < -0.3 is 9.73 Å². The van der Waals surface area contributed by atoms with Crippen LogP contribution in [0.1, 0.15) is 11.3 Å². The molecule has 0 aliphatic heterocycles. The number of carbonyl (C=O) groups excluding carboxylic acids is 1. The monoisotopic (exact) mass is 347 g/mol. The summed E-state index contributed by atoms with van der Waals surface area (Å²) in [7, 11) is 0. The van der Waals surface area contributed by atoms with E-state index in [1.165, 1.54) is 16.8 Å². The Bertz CT molecular complexity index is 834. The maximum atomic E-state index is 13.7. The molecule has 1 aromatic carbocycles. The number of hydrogen-bond acceptors (Lipinski definition) is 6. The molecule has 1 N–H and O–H groups in total. The minimum absolute atomic E-state index is 0.0614. The molecular weight excluding hydrogens is 333 g/mol. The van der Waals surface area contributed by atoms with Gasteiger partial charge in [0.15, 0.2) is 0 Å². The molecule has 7 nitrogen and oxygen atoms in total. The van der Waals surface area contributed by atoms with Crippen molar-refractivity contribution in [3.8, 4) is 0 Å². The number of tetrazole rings is 1. The zero-order chi connectivity index (χ0) is 16.9. The van der Waals surface area contributed by atoms with Gasteiger partial charge >= 0.3 is 0 Å². The lowest BCUT2D eigenvalue weighted by atomic mass is 10.2. The normalized spacial score (nSPS) is 10.8. The molecule has 0 atom stereocenters. The molecule has 0 unspecified atom stereocenters. The van der Waals surface area contributed by atoms with E-state index in [9.17, 15) is 9.18 Å². The maximum absolute atomic E-state index is 13.7. The topological polar surface area (TPSA) is 85.8 Å². The Balaban J connectivity index is 1.58. The Morgan fingerprint density at radius 2 is 2.29 bits per heavy atom. The van der Waals surface area contributed by atoms with Crippen molar-refractivity contribution in [2.45, 2.75) is 18.6 Å². The quantitative estimate of drug-likeness (QED) is 0.690. The Morgan fingerprint density at radius 3 is 3.04 bits per heavy atom. The van der Waals surface area contributed by atoms with Crippen LogP contribution in [0.25, 0.3) is 0 Å². The highest BCUT2D eigenvalue weighted by Crippen LogP contribution is 2.18. The standard InChI is InChI=1S/C15H14FN5O2S/c1-10-4-5-13(12(16)7-10)17-14(22)9-24-15-18-19-20-21(15)8-11-3-2-6-23-11/h2-7H,8-9H2,1H3,(H,17,22). The number of anilines is 1. The van der Waals surface area contributed by atoms with Crippen molar-refractivity contribution in [2.75, 3.05) is 11.1 Å². The third-order valence-corrected chi connectivity index (χ3v) is 4.07. The average molecular weight is 347 g/mol. The molecule has 0 saturated carbocycles. The first-order chi connectivity index (χ1) is 11.6. The van der Waals surface area contributed by atoms with Crippen LogP contribution in [0.5, 0.6) is 0 Å². The summed E-state index contributed by atoms with van der Waals surface area (Å²) in [5.74, 6) is -0.0344. The average Bonchev–Trinajstić information content (AvgIpc) is 3.20. The van der Waals surface area contributed by atoms with Gasteiger partial charge in [-0.15, -0.1) is 5.10 Å². The molecule has 24 heavy (non-hydrogen) atoms. The number of carbonyl (C=O) groups is 1. The van der Waals surface area contributed by atoms with E-state index in [2.05, 4.69) is 20.8 Å². The van der Waals surface area contributed by atoms with E-state index in [0.29, 0.717) is 17.5 Å². The molecule has 0 bridgehead atoms. The smallest absolute Gasteiger partial charge is 0.234 e. The van der Waals surface area contributed by atoms with E-state index < -0.39 is 5.82 Å². The Morgan fingerprint density at radius 1 is 1.42 bits per heavy atom. The Kier molecular flexibility index (Phi) is 4.90. The summed E-state index contributed by atoms with van der Waals surface area (Å²) < 4.78 is 20.5. The number of thioether (sulfide) groups is 1. The number of halogens is 1.